The molecular formula is C35H30Cl2N2O7. The van der Waals surface area contributed by atoms with Gasteiger partial charge in [-0.1, -0.05) is 65.7 Å². The molecule has 236 valence electrons. The number of rotatable bonds is 11. The number of carbonyl (C=O) groups is 3. The summed E-state index contributed by atoms with van der Waals surface area (Å²) in [6.45, 7) is 4.35. The second kappa shape index (κ2) is 14.4. The van der Waals surface area contributed by atoms with Crippen LogP contribution in [0.15, 0.2) is 84.4 Å². The number of imide groups is 2. The molecular weight excluding hydrogens is 631 g/mol. The summed E-state index contributed by atoms with van der Waals surface area (Å²) in [7, 11) is 1.56. The second-order valence-corrected chi connectivity index (χ2v) is 11.0. The Morgan fingerprint density at radius 2 is 1.57 bits per heavy atom. The minimum atomic E-state index is -0.873. The van der Waals surface area contributed by atoms with Gasteiger partial charge in [0.25, 0.3) is 11.8 Å². The van der Waals surface area contributed by atoms with E-state index in [-0.39, 0.29) is 28.6 Å². The highest BCUT2D eigenvalue weighted by atomic mass is 35.5. The number of ether oxygens (including phenoxy) is 4. The monoisotopic (exact) mass is 660 g/mol. The highest BCUT2D eigenvalue weighted by Crippen LogP contribution is 2.39. The minimum Gasteiger partial charge on any atom is -0.493 e. The molecule has 0 radical (unpaired) electrons. The number of halogens is 2. The Labute approximate surface area is 276 Å². The molecule has 0 saturated carbocycles. The van der Waals surface area contributed by atoms with Gasteiger partial charge in [0.2, 0.25) is 0 Å². The van der Waals surface area contributed by atoms with Crippen LogP contribution in [0.2, 0.25) is 10.0 Å². The maximum Gasteiger partial charge on any atom is 0.335 e. The van der Waals surface area contributed by atoms with Crippen molar-refractivity contribution in [2.45, 2.75) is 27.1 Å². The molecule has 4 aromatic carbocycles. The highest BCUT2D eigenvalue weighted by molar-refractivity contribution is 6.40. The van der Waals surface area contributed by atoms with Crippen LogP contribution in [0.1, 0.15) is 29.2 Å². The van der Waals surface area contributed by atoms with Gasteiger partial charge in [0.05, 0.1) is 24.4 Å². The third kappa shape index (κ3) is 7.28. The van der Waals surface area contributed by atoms with Gasteiger partial charge in [-0.3, -0.25) is 14.9 Å². The molecule has 0 spiro atoms. The predicted octanol–water partition coefficient (Wildman–Crippen LogP) is 7.53. The molecule has 4 amide bonds. The van der Waals surface area contributed by atoms with E-state index >= 15 is 0 Å². The van der Waals surface area contributed by atoms with Crippen LogP contribution in [0, 0.1) is 6.92 Å². The van der Waals surface area contributed by atoms with Crippen LogP contribution in [0.3, 0.4) is 0 Å². The smallest absolute Gasteiger partial charge is 0.335 e. The normalized spacial score (nSPS) is 13.9. The Bertz CT molecular complexity index is 1830. The van der Waals surface area contributed by atoms with Crippen LogP contribution in [0.4, 0.5) is 10.5 Å². The number of hydrogen-bond donors (Lipinski definition) is 1. The molecule has 9 nitrogen and oxygen atoms in total. The fourth-order valence-corrected chi connectivity index (χ4v) is 5.19. The standard InChI is InChI=1S/C35H30Cl2N2O7/c1-4-44-31-17-24(14-26-33(40)38-35(42)39(34(26)41)28-18-25(36)12-10-21(28)2)15-27(37)32(31)46-20-23-11-13-29(30(16-23)43-3)45-19-22-8-6-5-7-9-22/h5-18H,4,19-20H2,1-3H3,(H,38,40,42)/b26-14+. The Morgan fingerprint density at radius 3 is 2.30 bits per heavy atom. The molecule has 1 saturated heterocycles. The molecule has 1 fully saturated rings. The highest BCUT2D eigenvalue weighted by Gasteiger charge is 2.37. The van der Waals surface area contributed by atoms with E-state index in [2.05, 4.69) is 5.32 Å². The second-order valence-electron chi connectivity index (χ2n) is 10.2. The molecule has 11 heteroatoms. The van der Waals surface area contributed by atoms with Gasteiger partial charge in [-0.25, -0.2) is 9.69 Å². The number of amides is 4. The number of benzene rings is 4. The fraction of sp³-hybridized carbons (Fsp3) is 0.171. The van der Waals surface area contributed by atoms with Crippen LogP contribution in [-0.4, -0.2) is 31.6 Å². The Morgan fingerprint density at radius 1 is 0.804 bits per heavy atom. The van der Waals surface area contributed by atoms with E-state index in [1.165, 1.54) is 12.1 Å². The summed E-state index contributed by atoms with van der Waals surface area (Å²) >= 11 is 12.8. The largest absolute Gasteiger partial charge is 0.493 e. The molecule has 1 aliphatic heterocycles. The summed E-state index contributed by atoms with van der Waals surface area (Å²) in [5, 5.41) is 2.74. The first kappa shape index (κ1) is 32.4. The first-order chi connectivity index (χ1) is 22.2. The van der Waals surface area contributed by atoms with Gasteiger partial charge in [0.15, 0.2) is 23.0 Å². The van der Waals surface area contributed by atoms with Crippen molar-refractivity contribution in [1.29, 1.82) is 0 Å². The Kier molecular flexibility index (Phi) is 10.1. The van der Waals surface area contributed by atoms with E-state index in [0.717, 1.165) is 16.0 Å². The van der Waals surface area contributed by atoms with E-state index in [0.29, 0.717) is 46.6 Å². The fourth-order valence-electron chi connectivity index (χ4n) is 4.75. The van der Waals surface area contributed by atoms with Crippen molar-refractivity contribution in [2.75, 3.05) is 18.6 Å². The SMILES string of the molecule is CCOc1cc(/C=C2\C(=O)NC(=O)N(c3cc(Cl)ccc3C)C2=O)cc(Cl)c1OCc1ccc(OCc2ccccc2)c(OC)c1. The third-order valence-corrected chi connectivity index (χ3v) is 7.52. The Hall–Kier alpha value is -4.99. The van der Waals surface area contributed by atoms with E-state index in [9.17, 15) is 14.4 Å². The topological polar surface area (TPSA) is 103 Å². The van der Waals surface area contributed by atoms with Gasteiger partial charge in [-0.2, -0.15) is 0 Å². The van der Waals surface area contributed by atoms with Crippen molar-refractivity contribution in [1.82, 2.24) is 5.32 Å². The van der Waals surface area contributed by atoms with Crippen molar-refractivity contribution in [2.24, 2.45) is 0 Å². The molecule has 0 bridgehead atoms. The van der Waals surface area contributed by atoms with Gasteiger partial charge in [0, 0.05) is 5.02 Å². The number of nitrogens with one attached hydrogen (secondary N) is 1. The average Bonchev–Trinajstić information content (AvgIpc) is 3.04. The lowest BCUT2D eigenvalue weighted by molar-refractivity contribution is -0.122. The summed E-state index contributed by atoms with van der Waals surface area (Å²) in [4.78, 5) is 39.8. The quantitative estimate of drug-likeness (QED) is 0.131. The zero-order valence-electron chi connectivity index (χ0n) is 25.3. The molecule has 0 atom stereocenters. The van der Waals surface area contributed by atoms with Gasteiger partial charge in [0.1, 0.15) is 18.8 Å². The summed E-state index contributed by atoms with van der Waals surface area (Å²) in [6.07, 6.45) is 1.34. The van der Waals surface area contributed by atoms with Gasteiger partial charge in [-0.05, 0) is 78.6 Å². The summed E-state index contributed by atoms with van der Waals surface area (Å²) < 4.78 is 23.4. The van der Waals surface area contributed by atoms with Crippen LogP contribution in [0.25, 0.3) is 6.08 Å². The zero-order chi connectivity index (χ0) is 32.8. The number of nitrogens with zero attached hydrogens (tertiary/aromatic N) is 1. The molecule has 5 rings (SSSR count). The number of urea groups is 1. The van der Waals surface area contributed by atoms with Crippen LogP contribution in [0.5, 0.6) is 23.0 Å². The molecule has 1 heterocycles. The lowest BCUT2D eigenvalue weighted by Crippen LogP contribution is -2.54. The van der Waals surface area contributed by atoms with Crippen LogP contribution in [-0.2, 0) is 22.8 Å². The van der Waals surface area contributed by atoms with Gasteiger partial charge >= 0.3 is 6.03 Å². The van der Waals surface area contributed by atoms with Crippen molar-refractivity contribution in [3.8, 4) is 23.0 Å². The predicted molar refractivity (Wildman–Crippen MR) is 176 cm³/mol. The lowest BCUT2D eigenvalue weighted by Gasteiger charge is -2.27. The first-order valence-corrected chi connectivity index (χ1v) is 15.0. The van der Waals surface area contributed by atoms with E-state index in [1.807, 2.05) is 48.5 Å². The lowest BCUT2D eigenvalue weighted by atomic mass is 10.1. The average molecular weight is 662 g/mol. The van der Waals surface area contributed by atoms with Crippen molar-refractivity contribution in [3.05, 3.63) is 117 Å². The molecule has 46 heavy (non-hydrogen) atoms. The maximum absolute atomic E-state index is 13.5. The molecule has 0 aliphatic carbocycles. The molecule has 4 aromatic rings. The summed E-state index contributed by atoms with van der Waals surface area (Å²) in [5.74, 6) is 0.0709. The van der Waals surface area contributed by atoms with Crippen LogP contribution >= 0.6 is 23.2 Å². The molecule has 1 aliphatic rings. The van der Waals surface area contributed by atoms with E-state index in [1.54, 1.807) is 45.2 Å². The van der Waals surface area contributed by atoms with Crippen molar-refractivity contribution in [3.63, 3.8) is 0 Å². The first-order valence-electron chi connectivity index (χ1n) is 14.3. The van der Waals surface area contributed by atoms with Gasteiger partial charge < -0.3 is 18.9 Å². The Balaban J connectivity index is 1.37. The number of barbiturate groups is 1. The summed E-state index contributed by atoms with van der Waals surface area (Å²) in [5.41, 5.74) is 2.82. The van der Waals surface area contributed by atoms with E-state index in [4.69, 9.17) is 42.1 Å². The number of hydrogen-bond acceptors (Lipinski definition) is 7. The number of methoxy groups -OCH3 is 1. The molecule has 0 unspecified atom stereocenters. The third-order valence-electron chi connectivity index (χ3n) is 7.00. The van der Waals surface area contributed by atoms with Crippen molar-refractivity contribution >= 4 is 52.8 Å². The zero-order valence-corrected chi connectivity index (χ0v) is 26.8. The number of carbonyl (C=O) groups excluding carboxylic acids is 3. The van der Waals surface area contributed by atoms with Gasteiger partial charge in [-0.15, -0.1) is 0 Å². The van der Waals surface area contributed by atoms with E-state index < -0.39 is 17.8 Å². The maximum atomic E-state index is 13.5. The van der Waals surface area contributed by atoms with Crippen LogP contribution < -0.4 is 29.2 Å². The number of aryl methyl sites for hydroxylation is 1. The molecule has 0 aromatic heterocycles. The summed E-state index contributed by atoms with van der Waals surface area (Å²) in [6, 6.07) is 22.4. The molecule has 1 N–H and O–H groups in total. The van der Waals surface area contributed by atoms with Crippen molar-refractivity contribution < 1.29 is 33.3 Å². The number of anilines is 1. The minimum absolute atomic E-state index is 0.131.